The van der Waals surface area contributed by atoms with Crippen molar-refractivity contribution in [3.63, 3.8) is 0 Å². The van der Waals surface area contributed by atoms with E-state index in [9.17, 15) is 23.5 Å². The number of amides is 2. The second kappa shape index (κ2) is 4.40. The third-order valence-electron chi connectivity index (χ3n) is 4.21. The number of rotatable bonds is 3. The summed E-state index contributed by atoms with van der Waals surface area (Å²) in [4.78, 5) is 24.6. The van der Waals surface area contributed by atoms with E-state index < -0.39 is 29.4 Å². The Labute approximate surface area is 109 Å². The van der Waals surface area contributed by atoms with Crippen molar-refractivity contribution >= 4 is 11.8 Å². The molecular formula is C12H18F2N2O3. The molecule has 1 heterocycles. The Balaban J connectivity index is 2.05. The van der Waals surface area contributed by atoms with Gasteiger partial charge in [-0.05, 0) is 19.8 Å². The lowest BCUT2D eigenvalue weighted by molar-refractivity contribution is -0.182. The number of β-lactam (4-membered cyclic amide) rings is 1. The molecule has 2 aliphatic rings. The number of aliphatic hydroxyl groups is 1. The predicted molar refractivity (Wildman–Crippen MR) is 62.2 cm³/mol. The largest absolute Gasteiger partial charge is 0.391 e. The van der Waals surface area contributed by atoms with Gasteiger partial charge in [-0.1, -0.05) is 0 Å². The van der Waals surface area contributed by atoms with Crippen LogP contribution in [0, 0.1) is 5.41 Å². The molecule has 19 heavy (non-hydrogen) atoms. The average molecular weight is 276 g/mol. The second-order valence-electron chi connectivity index (χ2n) is 5.66. The highest BCUT2D eigenvalue weighted by atomic mass is 19.3. The van der Waals surface area contributed by atoms with Crippen LogP contribution in [0.25, 0.3) is 0 Å². The number of nitrogens with two attached hydrogens (primary N) is 1. The van der Waals surface area contributed by atoms with E-state index in [0.29, 0.717) is 0 Å². The van der Waals surface area contributed by atoms with Crippen molar-refractivity contribution in [3.05, 3.63) is 0 Å². The van der Waals surface area contributed by atoms with Gasteiger partial charge in [0, 0.05) is 19.4 Å². The summed E-state index contributed by atoms with van der Waals surface area (Å²) in [5, 5.41) is 9.49. The summed E-state index contributed by atoms with van der Waals surface area (Å²) in [6.07, 6.45) is -1.42. The van der Waals surface area contributed by atoms with Gasteiger partial charge in [-0.3, -0.25) is 9.59 Å². The number of carbonyl (C=O) groups is 2. The SMILES string of the molecule is CC(O)C(C(N)=O)N1CC2(CCC(F)(F)CC2)C1=O. The number of primary amides is 1. The number of aliphatic hydroxyl groups excluding tert-OH is 1. The van der Waals surface area contributed by atoms with Crippen LogP contribution in [-0.4, -0.2) is 46.4 Å². The van der Waals surface area contributed by atoms with Crippen molar-refractivity contribution < 1.29 is 23.5 Å². The van der Waals surface area contributed by atoms with E-state index in [0.717, 1.165) is 0 Å². The topological polar surface area (TPSA) is 83.6 Å². The minimum atomic E-state index is -2.70. The molecule has 1 aliphatic carbocycles. The molecule has 108 valence electrons. The van der Waals surface area contributed by atoms with Crippen LogP contribution < -0.4 is 5.73 Å². The zero-order valence-corrected chi connectivity index (χ0v) is 10.7. The summed E-state index contributed by atoms with van der Waals surface area (Å²) in [7, 11) is 0. The molecule has 2 amide bonds. The number of halogens is 2. The molecule has 1 aliphatic heterocycles. The molecule has 0 bridgehead atoms. The van der Waals surface area contributed by atoms with E-state index in [4.69, 9.17) is 5.73 Å². The predicted octanol–water partition coefficient (Wildman–Crippen LogP) is 0.259. The smallest absolute Gasteiger partial charge is 0.248 e. The maximum atomic E-state index is 13.1. The lowest BCUT2D eigenvalue weighted by atomic mass is 9.66. The lowest BCUT2D eigenvalue weighted by Gasteiger charge is -2.54. The van der Waals surface area contributed by atoms with Gasteiger partial charge in [0.25, 0.3) is 0 Å². The van der Waals surface area contributed by atoms with Crippen molar-refractivity contribution in [2.45, 2.75) is 50.7 Å². The van der Waals surface area contributed by atoms with Crippen LogP contribution in [-0.2, 0) is 9.59 Å². The summed E-state index contributed by atoms with van der Waals surface area (Å²) in [5.74, 6) is -3.81. The highest BCUT2D eigenvalue weighted by molar-refractivity contribution is 5.94. The molecule has 1 saturated heterocycles. The van der Waals surface area contributed by atoms with E-state index >= 15 is 0 Å². The molecule has 1 spiro atoms. The van der Waals surface area contributed by atoms with Crippen LogP contribution in [0.15, 0.2) is 0 Å². The first-order valence-corrected chi connectivity index (χ1v) is 6.35. The quantitative estimate of drug-likeness (QED) is 0.725. The van der Waals surface area contributed by atoms with Crippen molar-refractivity contribution in [1.29, 1.82) is 0 Å². The Bertz CT molecular complexity index is 402. The standard InChI is InChI=1S/C12H18F2N2O3/c1-7(17)8(9(15)18)16-6-11(10(16)19)2-4-12(13,14)5-3-11/h7-8,17H,2-6H2,1H3,(H2,15,18). The normalized spacial score (nSPS) is 27.8. The Kier molecular flexibility index (Phi) is 3.28. The van der Waals surface area contributed by atoms with E-state index in [1.807, 2.05) is 0 Å². The number of likely N-dealkylation sites (tertiary alicyclic amines) is 1. The highest BCUT2D eigenvalue weighted by Crippen LogP contribution is 2.50. The Morgan fingerprint density at radius 3 is 2.26 bits per heavy atom. The lowest BCUT2D eigenvalue weighted by Crippen LogP contribution is -2.69. The number of hydrogen-bond acceptors (Lipinski definition) is 3. The maximum absolute atomic E-state index is 13.1. The molecule has 0 aromatic heterocycles. The van der Waals surface area contributed by atoms with E-state index in [1.54, 1.807) is 0 Å². The van der Waals surface area contributed by atoms with Gasteiger partial charge in [-0.2, -0.15) is 0 Å². The summed E-state index contributed by atoms with van der Waals surface area (Å²) < 4.78 is 26.2. The van der Waals surface area contributed by atoms with Gasteiger partial charge in [-0.25, -0.2) is 8.78 Å². The van der Waals surface area contributed by atoms with E-state index in [1.165, 1.54) is 11.8 Å². The van der Waals surface area contributed by atoms with Gasteiger partial charge in [0.1, 0.15) is 6.04 Å². The average Bonchev–Trinajstić information content (AvgIpc) is 2.29. The second-order valence-corrected chi connectivity index (χ2v) is 5.66. The number of nitrogens with zero attached hydrogens (tertiary/aromatic N) is 1. The zero-order valence-electron chi connectivity index (χ0n) is 10.7. The van der Waals surface area contributed by atoms with Crippen LogP contribution in [0.3, 0.4) is 0 Å². The van der Waals surface area contributed by atoms with Gasteiger partial charge in [-0.15, -0.1) is 0 Å². The molecule has 0 aromatic carbocycles. The molecular weight excluding hydrogens is 258 g/mol. The fourth-order valence-corrected chi connectivity index (χ4v) is 3.02. The molecule has 3 N–H and O–H groups in total. The molecule has 1 saturated carbocycles. The number of carbonyl (C=O) groups excluding carboxylic acids is 2. The van der Waals surface area contributed by atoms with Crippen molar-refractivity contribution in [2.24, 2.45) is 11.1 Å². The molecule has 0 aromatic rings. The van der Waals surface area contributed by atoms with Crippen LogP contribution >= 0.6 is 0 Å². The number of alkyl halides is 2. The van der Waals surface area contributed by atoms with Crippen molar-refractivity contribution in [1.82, 2.24) is 4.90 Å². The van der Waals surface area contributed by atoms with E-state index in [2.05, 4.69) is 0 Å². The summed E-state index contributed by atoms with van der Waals surface area (Å²) in [6.45, 7) is 1.60. The molecule has 7 heteroatoms. The van der Waals surface area contributed by atoms with E-state index in [-0.39, 0.29) is 38.1 Å². The Hall–Kier alpha value is -1.24. The van der Waals surface area contributed by atoms with Crippen molar-refractivity contribution in [2.75, 3.05) is 6.54 Å². The zero-order chi connectivity index (χ0) is 14.4. The summed E-state index contributed by atoms with van der Waals surface area (Å²) in [5.41, 5.74) is 4.38. The third-order valence-corrected chi connectivity index (χ3v) is 4.21. The summed E-state index contributed by atoms with van der Waals surface area (Å²) in [6, 6.07) is -1.07. The van der Waals surface area contributed by atoms with Crippen molar-refractivity contribution in [3.8, 4) is 0 Å². The molecule has 2 rings (SSSR count). The van der Waals surface area contributed by atoms with Crippen LogP contribution in [0.5, 0.6) is 0 Å². The van der Waals surface area contributed by atoms with Gasteiger partial charge >= 0.3 is 0 Å². The van der Waals surface area contributed by atoms with Gasteiger partial charge in [0.15, 0.2) is 0 Å². The molecule has 0 radical (unpaired) electrons. The van der Waals surface area contributed by atoms with Gasteiger partial charge < -0.3 is 15.7 Å². The Morgan fingerprint density at radius 2 is 1.89 bits per heavy atom. The minimum absolute atomic E-state index is 0.126. The first-order chi connectivity index (χ1) is 8.68. The van der Waals surface area contributed by atoms with Crippen LogP contribution in [0.2, 0.25) is 0 Å². The maximum Gasteiger partial charge on any atom is 0.248 e. The van der Waals surface area contributed by atoms with Crippen LogP contribution in [0.1, 0.15) is 32.6 Å². The molecule has 2 unspecified atom stereocenters. The monoisotopic (exact) mass is 276 g/mol. The van der Waals surface area contributed by atoms with Gasteiger partial charge in [0.2, 0.25) is 17.7 Å². The Morgan fingerprint density at radius 1 is 1.37 bits per heavy atom. The van der Waals surface area contributed by atoms with Crippen LogP contribution in [0.4, 0.5) is 8.78 Å². The van der Waals surface area contributed by atoms with Gasteiger partial charge in [0.05, 0.1) is 11.5 Å². The summed E-state index contributed by atoms with van der Waals surface area (Å²) >= 11 is 0. The third kappa shape index (κ3) is 2.31. The minimum Gasteiger partial charge on any atom is -0.391 e. The first kappa shape index (κ1) is 14.2. The molecule has 5 nitrogen and oxygen atoms in total. The number of hydrogen-bond donors (Lipinski definition) is 2. The molecule has 2 atom stereocenters. The fraction of sp³-hybridized carbons (Fsp3) is 0.833. The fourth-order valence-electron chi connectivity index (χ4n) is 3.02. The highest BCUT2D eigenvalue weighted by Gasteiger charge is 2.58. The first-order valence-electron chi connectivity index (χ1n) is 6.35. The molecule has 2 fully saturated rings.